The summed E-state index contributed by atoms with van der Waals surface area (Å²) in [5.74, 6) is 2.91. The highest BCUT2D eigenvalue weighted by atomic mass is 15.1. The minimum atomic E-state index is 0.935. The minimum absolute atomic E-state index is 0.935. The van der Waals surface area contributed by atoms with Crippen molar-refractivity contribution < 1.29 is 0 Å². The lowest BCUT2D eigenvalue weighted by Crippen LogP contribution is -2.30. The van der Waals surface area contributed by atoms with E-state index in [-0.39, 0.29) is 0 Å². The van der Waals surface area contributed by atoms with Crippen LogP contribution in [0.5, 0.6) is 0 Å². The van der Waals surface area contributed by atoms with Gasteiger partial charge < -0.3 is 4.90 Å². The normalized spacial score (nSPS) is 13.8. The van der Waals surface area contributed by atoms with Crippen LogP contribution in [0.2, 0.25) is 0 Å². The number of hydrogen-bond donors (Lipinski definition) is 0. The summed E-state index contributed by atoms with van der Waals surface area (Å²) in [6, 6.07) is 44.9. The van der Waals surface area contributed by atoms with E-state index in [1.54, 1.807) is 0 Å². The monoisotopic (exact) mass is 743 g/mol. The SMILES string of the molecule is C#Cc1ccc(-c2c(C)c(-c3ccccc3C)cc3c2=CCCC=3)cc1-c1ccccc1C.C=C1/C=C\C(C)=C/N(c2ccccc2)c2ccccc21.CC.CC. The summed E-state index contributed by atoms with van der Waals surface area (Å²) in [4.78, 5) is 2.22. The van der Waals surface area contributed by atoms with E-state index in [0.717, 1.165) is 46.5 Å². The fraction of sp³-hybridized carbons (Fsp3) is 0.179. The lowest BCUT2D eigenvalue weighted by molar-refractivity contribution is 1.11. The Kier molecular flexibility index (Phi) is 14.7. The summed E-state index contributed by atoms with van der Waals surface area (Å²) < 4.78 is 0. The molecule has 0 atom stereocenters. The van der Waals surface area contributed by atoms with E-state index in [1.165, 1.54) is 60.5 Å². The second-order valence-electron chi connectivity index (χ2n) is 13.9. The lowest BCUT2D eigenvalue weighted by Gasteiger charge is -2.26. The molecule has 0 amide bonds. The Morgan fingerprint density at radius 2 is 1.16 bits per heavy atom. The molecule has 0 unspecified atom stereocenters. The van der Waals surface area contributed by atoms with Crippen LogP contribution in [0.4, 0.5) is 11.4 Å². The van der Waals surface area contributed by atoms with Crippen molar-refractivity contribution in [3.05, 3.63) is 196 Å². The first-order valence-corrected chi connectivity index (χ1v) is 20.4. The third-order valence-corrected chi connectivity index (χ3v) is 10.3. The lowest BCUT2D eigenvalue weighted by atomic mass is 9.85. The number of rotatable bonds is 4. The number of nitrogens with zero attached hydrogens (tertiary/aromatic N) is 1. The molecule has 0 saturated heterocycles. The predicted molar refractivity (Wildman–Crippen MR) is 252 cm³/mol. The average Bonchev–Trinajstić information content (AvgIpc) is 3.26. The zero-order valence-electron chi connectivity index (χ0n) is 35.2. The van der Waals surface area contributed by atoms with Gasteiger partial charge in [0.25, 0.3) is 0 Å². The number of terminal acetylenes is 1. The van der Waals surface area contributed by atoms with Gasteiger partial charge in [0.15, 0.2) is 0 Å². The highest BCUT2D eigenvalue weighted by Gasteiger charge is 2.17. The molecule has 6 aromatic carbocycles. The molecule has 1 heterocycles. The number of aryl methyl sites for hydroxylation is 2. The van der Waals surface area contributed by atoms with E-state index < -0.39 is 0 Å². The Labute approximate surface area is 342 Å². The minimum Gasteiger partial charge on any atom is -0.316 e. The van der Waals surface area contributed by atoms with E-state index in [4.69, 9.17) is 6.42 Å². The fourth-order valence-electron chi connectivity index (χ4n) is 7.52. The van der Waals surface area contributed by atoms with Crippen LogP contribution in [-0.4, -0.2) is 0 Å². The van der Waals surface area contributed by atoms with E-state index in [1.807, 2.05) is 33.8 Å². The highest BCUT2D eigenvalue weighted by Crippen LogP contribution is 2.36. The maximum Gasteiger partial charge on any atom is 0.0533 e. The Morgan fingerprint density at radius 3 is 1.81 bits per heavy atom. The number of benzene rings is 6. The molecule has 1 heteroatoms. The van der Waals surface area contributed by atoms with Crippen molar-refractivity contribution in [3.8, 4) is 45.7 Å². The van der Waals surface area contributed by atoms with Gasteiger partial charge in [0.1, 0.15) is 0 Å². The quantitative estimate of drug-likeness (QED) is 0.163. The van der Waals surface area contributed by atoms with E-state index in [2.05, 4.69) is 197 Å². The number of hydrogen-bond acceptors (Lipinski definition) is 1. The maximum atomic E-state index is 5.92. The van der Waals surface area contributed by atoms with Crippen molar-refractivity contribution in [2.24, 2.45) is 0 Å². The molecular weight excluding hydrogens is 687 g/mol. The van der Waals surface area contributed by atoms with Gasteiger partial charge in [-0.25, -0.2) is 0 Å². The summed E-state index contributed by atoms with van der Waals surface area (Å²) in [6.07, 6.45) is 19.2. The van der Waals surface area contributed by atoms with Gasteiger partial charge in [0.2, 0.25) is 0 Å². The second-order valence-corrected chi connectivity index (χ2v) is 13.9. The van der Waals surface area contributed by atoms with Crippen molar-refractivity contribution in [2.75, 3.05) is 4.90 Å². The van der Waals surface area contributed by atoms with Crippen molar-refractivity contribution in [2.45, 2.75) is 68.2 Å². The standard InChI is InChI=1S/C33H28.C19H17N.2C2H6/c1-5-25-18-19-27(21-32(25)29-16-10-7-13-23(29)3)33-24(4)31(28-15-9-6-12-22(28)2)20-26-14-8-11-17-30(26)33;1-15-12-13-16(2)18-10-6-7-11-19(18)20(14-15)17-8-4-3-5-9-17;2*1-2/h1,6-7,9-10,12-21H,8,11H2,2-4H3;3-14H,2H2,1H3;2*1-2H3/b;13-12-,15-14-;;. The zero-order valence-corrected chi connectivity index (χ0v) is 35.2. The Morgan fingerprint density at radius 1 is 0.579 bits per heavy atom. The topological polar surface area (TPSA) is 3.24 Å². The molecule has 0 fully saturated rings. The molecule has 0 aromatic heterocycles. The van der Waals surface area contributed by atoms with Gasteiger partial charge in [0, 0.05) is 23.0 Å². The summed E-state index contributed by atoms with van der Waals surface area (Å²) in [5, 5.41) is 2.68. The molecule has 1 nitrogen and oxygen atoms in total. The van der Waals surface area contributed by atoms with Gasteiger partial charge in [-0.1, -0.05) is 155 Å². The van der Waals surface area contributed by atoms with Crippen molar-refractivity contribution in [1.29, 1.82) is 0 Å². The molecule has 0 spiro atoms. The molecular formula is C56H57N. The van der Waals surface area contributed by atoms with Crippen LogP contribution in [0.25, 0.3) is 51.1 Å². The van der Waals surface area contributed by atoms with Crippen LogP contribution < -0.4 is 15.3 Å². The first-order valence-electron chi connectivity index (χ1n) is 20.4. The van der Waals surface area contributed by atoms with E-state index in [0.29, 0.717) is 0 Å². The number of fused-ring (bicyclic) bond motifs is 2. The molecule has 1 aliphatic carbocycles. The third-order valence-electron chi connectivity index (χ3n) is 10.3. The van der Waals surface area contributed by atoms with Crippen molar-refractivity contribution in [3.63, 3.8) is 0 Å². The Hall–Kier alpha value is -6.36. The van der Waals surface area contributed by atoms with Crippen LogP contribution in [0.3, 0.4) is 0 Å². The van der Waals surface area contributed by atoms with Gasteiger partial charge in [-0.2, -0.15) is 0 Å². The first kappa shape index (κ1) is 41.8. The Bertz CT molecular complexity index is 2570. The van der Waals surface area contributed by atoms with Crippen LogP contribution in [0.15, 0.2) is 158 Å². The molecule has 0 radical (unpaired) electrons. The van der Waals surface area contributed by atoms with Crippen LogP contribution in [0.1, 0.15) is 75.3 Å². The molecule has 0 N–H and O–H groups in total. The van der Waals surface area contributed by atoms with E-state index in [9.17, 15) is 0 Å². The highest BCUT2D eigenvalue weighted by molar-refractivity contribution is 5.87. The molecule has 8 rings (SSSR count). The van der Waals surface area contributed by atoms with Crippen molar-refractivity contribution in [1.82, 2.24) is 0 Å². The fourth-order valence-corrected chi connectivity index (χ4v) is 7.52. The predicted octanol–water partition coefficient (Wildman–Crippen LogP) is 14.3. The van der Waals surface area contributed by atoms with Crippen molar-refractivity contribution >= 4 is 29.1 Å². The summed E-state index contributed by atoms with van der Waals surface area (Å²) in [5.41, 5.74) is 18.0. The van der Waals surface area contributed by atoms with Crippen LogP contribution >= 0.6 is 0 Å². The largest absolute Gasteiger partial charge is 0.316 e. The average molecular weight is 744 g/mol. The summed E-state index contributed by atoms with van der Waals surface area (Å²) in [7, 11) is 0. The third kappa shape index (κ3) is 9.37. The van der Waals surface area contributed by atoms with Gasteiger partial charge >= 0.3 is 0 Å². The molecule has 0 saturated carbocycles. The molecule has 1 aliphatic heterocycles. The number of anilines is 2. The molecule has 6 aromatic rings. The number of allylic oxidation sites excluding steroid dienone is 4. The number of para-hydroxylation sites is 2. The summed E-state index contributed by atoms with van der Waals surface area (Å²) >= 11 is 0. The van der Waals surface area contributed by atoms with Gasteiger partial charge in [-0.05, 0) is 149 Å². The second kappa shape index (κ2) is 20.0. The van der Waals surface area contributed by atoms with E-state index >= 15 is 0 Å². The molecule has 57 heavy (non-hydrogen) atoms. The smallest absolute Gasteiger partial charge is 0.0533 e. The molecule has 2 aliphatic rings. The maximum absolute atomic E-state index is 5.92. The van der Waals surface area contributed by atoms with Gasteiger partial charge in [0.05, 0.1) is 5.69 Å². The van der Waals surface area contributed by atoms with Gasteiger partial charge in [-0.15, -0.1) is 6.42 Å². The Balaban J connectivity index is 0.000000221. The molecule has 0 bridgehead atoms. The van der Waals surface area contributed by atoms with Gasteiger partial charge in [-0.3, -0.25) is 0 Å². The van der Waals surface area contributed by atoms with Crippen LogP contribution in [-0.2, 0) is 0 Å². The van der Waals surface area contributed by atoms with Crippen LogP contribution in [0, 0.1) is 33.1 Å². The zero-order chi connectivity index (χ0) is 40.9. The molecule has 286 valence electrons. The first-order chi connectivity index (χ1) is 27.8. The summed E-state index contributed by atoms with van der Waals surface area (Å²) in [6.45, 7) is 20.9.